The van der Waals surface area contributed by atoms with Gasteiger partial charge in [-0.25, -0.2) is 8.42 Å². The van der Waals surface area contributed by atoms with Crippen LogP contribution in [0.15, 0.2) is 59.5 Å². The second-order valence-electron chi connectivity index (χ2n) is 6.98. The van der Waals surface area contributed by atoms with Crippen LogP contribution in [-0.2, 0) is 21.2 Å². The topological polar surface area (TPSA) is 110 Å². The zero-order valence-corrected chi connectivity index (χ0v) is 16.7. The molecule has 8 nitrogen and oxygen atoms in total. The van der Waals surface area contributed by atoms with E-state index in [1.54, 1.807) is 0 Å². The molecule has 29 heavy (non-hydrogen) atoms. The molecule has 0 aliphatic carbocycles. The van der Waals surface area contributed by atoms with Gasteiger partial charge in [0.25, 0.3) is 5.69 Å². The van der Waals surface area contributed by atoms with E-state index in [1.807, 2.05) is 30.3 Å². The Morgan fingerprint density at radius 3 is 2.28 bits per heavy atom. The number of piperidine rings is 1. The summed E-state index contributed by atoms with van der Waals surface area (Å²) in [6.07, 6.45) is 2.12. The number of benzene rings is 2. The molecule has 1 fully saturated rings. The molecule has 154 valence electrons. The molecule has 2 aromatic rings. The molecule has 1 N–H and O–H groups in total. The number of hydrogen-bond donors (Lipinski definition) is 1. The van der Waals surface area contributed by atoms with E-state index in [0.717, 1.165) is 5.56 Å². The standard InChI is InChI=1S/C20H23N3O5S/c24-20(11-6-16-4-2-1-3-5-16)21-17-12-14-22(15-13-17)29(27,28)19-9-7-18(8-10-19)23(25)26/h1-5,7-10,17H,6,11-15H2,(H,21,24). The van der Waals surface area contributed by atoms with Gasteiger partial charge in [-0.15, -0.1) is 0 Å². The number of aryl methyl sites for hydroxylation is 1. The number of nitrogens with one attached hydrogen (secondary N) is 1. The molecule has 2 aromatic carbocycles. The molecule has 0 radical (unpaired) electrons. The minimum atomic E-state index is -3.70. The van der Waals surface area contributed by atoms with E-state index in [9.17, 15) is 23.3 Å². The van der Waals surface area contributed by atoms with Gasteiger partial charge in [0, 0.05) is 37.7 Å². The molecular weight excluding hydrogens is 394 g/mol. The molecule has 3 rings (SSSR count). The van der Waals surface area contributed by atoms with Gasteiger partial charge in [-0.2, -0.15) is 4.31 Å². The van der Waals surface area contributed by atoms with Gasteiger partial charge in [0.2, 0.25) is 15.9 Å². The van der Waals surface area contributed by atoms with Crippen molar-refractivity contribution >= 4 is 21.6 Å². The van der Waals surface area contributed by atoms with Gasteiger partial charge in [0.15, 0.2) is 0 Å². The van der Waals surface area contributed by atoms with E-state index in [2.05, 4.69) is 5.32 Å². The molecule has 1 aliphatic heterocycles. The average molecular weight is 417 g/mol. The van der Waals surface area contributed by atoms with Crippen molar-refractivity contribution in [2.24, 2.45) is 0 Å². The minimum Gasteiger partial charge on any atom is -0.353 e. The van der Waals surface area contributed by atoms with Crippen LogP contribution in [0.5, 0.6) is 0 Å². The second-order valence-corrected chi connectivity index (χ2v) is 8.92. The van der Waals surface area contributed by atoms with Crippen LogP contribution >= 0.6 is 0 Å². The Balaban J connectivity index is 1.50. The third-order valence-electron chi connectivity index (χ3n) is 4.99. The van der Waals surface area contributed by atoms with Crippen molar-refractivity contribution in [2.75, 3.05) is 13.1 Å². The minimum absolute atomic E-state index is 0.0356. The van der Waals surface area contributed by atoms with Gasteiger partial charge in [-0.3, -0.25) is 14.9 Å². The number of rotatable bonds is 7. The quantitative estimate of drug-likeness (QED) is 0.550. The molecular formula is C20H23N3O5S. The lowest BCUT2D eigenvalue weighted by atomic mass is 10.1. The molecule has 1 saturated heterocycles. The molecule has 0 unspecified atom stereocenters. The van der Waals surface area contributed by atoms with E-state index in [4.69, 9.17) is 0 Å². The molecule has 9 heteroatoms. The lowest BCUT2D eigenvalue weighted by Gasteiger charge is -2.31. The summed E-state index contributed by atoms with van der Waals surface area (Å²) in [5.74, 6) is -0.0365. The van der Waals surface area contributed by atoms with E-state index in [0.29, 0.717) is 38.8 Å². The predicted molar refractivity (Wildman–Crippen MR) is 108 cm³/mol. The maximum atomic E-state index is 12.7. The summed E-state index contributed by atoms with van der Waals surface area (Å²) in [5.41, 5.74) is 0.951. The van der Waals surface area contributed by atoms with Gasteiger partial charge < -0.3 is 5.32 Å². The van der Waals surface area contributed by atoms with Crippen LogP contribution in [0.2, 0.25) is 0 Å². The predicted octanol–water partition coefficient (Wildman–Crippen LogP) is 2.50. The molecule has 0 spiro atoms. The Morgan fingerprint density at radius 1 is 1.07 bits per heavy atom. The number of hydrogen-bond acceptors (Lipinski definition) is 5. The number of sulfonamides is 1. The van der Waals surface area contributed by atoms with Crippen molar-refractivity contribution in [2.45, 2.75) is 36.6 Å². The number of nitro groups is 1. The number of nitrogens with zero attached hydrogens (tertiary/aromatic N) is 2. The number of carbonyl (C=O) groups is 1. The summed E-state index contributed by atoms with van der Waals surface area (Å²) in [7, 11) is -3.70. The Bertz CT molecular complexity index is 953. The van der Waals surface area contributed by atoms with Crippen LogP contribution in [0.25, 0.3) is 0 Å². The normalized spacial score (nSPS) is 15.7. The molecule has 1 heterocycles. The van der Waals surface area contributed by atoms with Crippen LogP contribution in [0.3, 0.4) is 0 Å². The fraction of sp³-hybridized carbons (Fsp3) is 0.350. The summed E-state index contributed by atoms with van der Waals surface area (Å²) in [6, 6.07) is 14.6. The SMILES string of the molecule is O=C(CCc1ccccc1)NC1CCN(S(=O)(=O)c2ccc([N+](=O)[O-])cc2)CC1. The van der Waals surface area contributed by atoms with Crippen molar-refractivity contribution < 1.29 is 18.1 Å². The zero-order chi connectivity index (χ0) is 20.9. The molecule has 0 bridgehead atoms. The largest absolute Gasteiger partial charge is 0.353 e. The van der Waals surface area contributed by atoms with Crippen molar-refractivity contribution in [3.8, 4) is 0 Å². The van der Waals surface area contributed by atoms with Crippen LogP contribution in [0.1, 0.15) is 24.8 Å². The van der Waals surface area contributed by atoms with Gasteiger partial charge in [-0.05, 0) is 37.0 Å². The first-order chi connectivity index (χ1) is 13.9. The third-order valence-corrected chi connectivity index (χ3v) is 6.90. The summed E-state index contributed by atoms with van der Waals surface area (Å²) in [5, 5.41) is 13.7. The molecule has 0 atom stereocenters. The first-order valence-electron chi connectivity index (χ1n) is 9.44. The Morgan fingerprint density at radius 2 is 1.69 bits per heavy atom. The van der Waals surface area contributed by atoms with E-state index in [-0.39, 0.29) is 22.5 Å². The number of non-ortho nitro benzene ring substituents is 1. The molecule has 1 aliphatic rings. The first kappa shape index (κ1) is 20.9. The highest BCUT2D eigenvalue weighted by atomic mass is 32.2. The van der Waals surface area contributed by atoms with Crippen LogP contribution in [0.4, 0.5) is 5.69 Å². The van der Waals surface area contributed by atoms with Crippen molar-refractivity contribution in [3.05, 3.63) is 70.3 Å². The van der Waals surface area contributed by atoms with Crippen molar-refractivity contribution in [3.63, 3.8) is 0 Å². The number of amides is 1. The van der Waals surface area contributed by atoms with Crippen molar-refractivity contribution in [1.82, 2.24) is 9.62 Å². The average Bonchev–Trinajstić information content (AvgIpc) is 2.73. The highest BCUT2D eigenvalue weighted by Crippen LogP contribution is 2.23. The Kier molecular flexibility index (Phi) is 6.60. The Labute approximate surface area is 169 Å². The second kappa shape index (κ2) is 9.15. The Hall–Kier alpha value is -2.78. The third kappa shape index (κ3) is 5.39. The highest BCUT2D eigenvalue weighted by molar-refractivity contribution is 7.89. The number of carbonyl (C=O) groups excluding carboxylic acids is 1. The molecule has 0 saturated carbocycles. The van der Waals surface area contributed by atoms with E-state index >= 15 is 0 Å². The fourth-order valence-corrected chi connectivity index (χ4v) is 4.80. The summed E-state index contributed by atoms with van der Waals surface area (Å²) >= 11 is 0. The van der Waals surface area contributed by atoms with Crippen LogP contribution < -0.4 is 5.32 Å². The first-order valence-corrected chi connectivity index (χ1v) is 10.9. The highest BCUT2D eigenvalue weighted by Gasteiger charge is 2.30. The summed E-state index contributed by atoms with van der Waals surface area (Å²) < 4.78 is 26.8. The van der Waals surface area contributed by atoms with Crippen molar-refractivity contribution in [1.29, 1.82) is 0 Å². The van der Waals surface area contributed by atoms with Gasteiger partial charge in [-0.1, -0.05) is 30.3 Å². The maximum Gasteiger partial charge on any atom is 0.269 e. The fourth-order valence-electron chi connectivity index (χ4n) is 3.33. The lowest BCUT2D eigenvalue weighted by Crippen LogP contribution is -2.46. The molecule has 0 aromatic heterocycles. The van der Waals surface area contributed by atoms with Gasteiger partial charge in [0.1, 0.15) is 0 Å². The lowest BCUT2D eigenvalue weighted by molar-refractivity contribution is -0.384. The maximum absolute atomic E-state index is 12.7. The van der Waals surface area contributed by atoms with E-state index in [1.165, 1.54) is 28.6 Å². The van der Waals surface area contributed by atoms with Gasteiger partial charge in [0.05, 0.1) is 9.82 Å². The van der Waals surface area contributed by atoms with Crippen LogP contribution in [0, 0.1) is 10.1 Å². The summed E-state index contributed by atoms with van der Waals surface area (Å²) in [4.78, 5) is 22.4. The smallest absolute Gasteiger partial charge is 0.269 e. The van der Waals surface area contributed by atoms with Gasteiger partial charge >= 0.3 is 0 Å². The molecule has 1 amide bonds. The summed E-state index contributed by atoms with van der Waals surface area (Å²) in [6.45, 7) is 0.589. The van der Waals surface area contributed by atoms with Crippen LogP contribution in [-0.4, -0.2) is 42.7 Å². The number of nitro benzene ring substituents is 1. The van der Waals surface area contributed by atoms with E-state index < -0.39 is 14.9 Å². The monoisotopic (exact) mass is 417 g/mol. The zero-order valence-electron chi connectivity index (χ0n) is 15.9.